The number of carbonyl (C=O) groups excluding carboxylic acids is 1. The van der Waals surface area contributed by atoms with Crippen molar-refractivity contribution < 1.29 is 9.53 Å². The normalized spacial score (nSPS) is 9.47. The first-order chi connectivity index (χ1) is 7.17. The topological polar surface area (TPSA) is 76.4 Å². The second-order valence-corrected chi connectivity index (χ2v) is 3.01. The SMILES string of the molecule is CNC(=O)NCc1ccc(OC)c(N)c1. The van der Waals surface area contributed by atoms with Gasteiger partial charge in [0.15, 0.2) is 0 Å². The molecule has 5 nitrogen and oxygen atoms in total. The Morgan fingerprint density at radius 2 is 2.27 bits per heavy atom. The van der Waals surface area contributed by atoms with E-state index in [0.29, 0.717) is 18.0 Å². The van der Waals surface area contributed by atoms with Crippen molar-refractivity contribution in [3.63, 3.8) is 0 Å². The third kappa shape index (κ3) is 3.05. The molecule has 1 aromatic carbocycles. The second-order valence-electron chi connectivity index (χ2n) is 3.01. The molecule has 0 saturated heterocycles. The number of benzene rings is 1. The Hall–Kier alpha value is -1.91. The van der Waals surface area contributed by atoms with Crippen molar-refractivity contribution in [2.45, 2.75) is 6.54 Å². The standard InChI is InChI=1S/C10H15N3O2/c1-12-10(14)13-6-7-3-4-9(15-2)8(11)5-7/h3-5H,6,11H2,1-2H3,(H2,12,13,14). The summed E-state index contributed by atoms with van der Waals surface area (Å²) >= 11 is 0. The third-order valence-electron chi connectivity index (χ3n) is 1.97. The van der Waals surface area contributed by atoms with E-state index in [1.54, 1.807) is 26.3 Å². The van der Waals surface area contributed by atoms with E-state index in [2.05, 4.69) is 10.6 Å². The molecular formula is C10H15N3O2. The minimum atomic E-state index is -0.218. The molecule has 0 heterocycles. The number of nitrogens with one attached hydrogen (secondary N) is 2. The smallest absolute Gasteiger partial charge is 0.314 e. The van der Waals surface area contributed by atoms with E-state index in [-0.39, 0.29) is 6.03 Å². The molecule has 0 aliphatic carbocycles. The van der Waals surface area contributed by atoms with Crippen LogP contribution < -0.4 is 21.1 Å². The van der Waals surface area contributed by atoms with Crippen LogP contribution in [0.1, 0.15) is 5.56 Å². The lowest BCUT2D eigenvalue weighted by Gasteiger charge is -2.08. The second kappa shape index (κ2) is 5.09. The number of ether oxygens (including phenoxy) is 1. The number of nitrogens with two attached hydrogens (primary N) is 1. The lowest BCUT2D eigenvalue weighted by molar-refractivity contribution is 0.242. The predicted octanol–water partition coefficient (Wildman–Crippen LogP) is 0.706. The Morgan fingerprint density at radius 3 is 2.80 bits per heavy atom. The van der Waals surface area contributed by atoms with Crippen molar-refractivity contribution in [2.24, 2.45) is 0 Å². The molecule has 0 atom stereocenters. The van der Waals surface area contributed by atoms with Gasteiger partial charge in [-0.3, -0.25) is 0 Å². The van der Waals surface area contributed by atoms with Crippen LogP contribution in [-0.2, 0) is 6.54 Å². The van der Waals surface area contributed by atoms with E-state index >= 15 is 0 Å². The van der Waals surface area contributed by atoms with Crippen molar-refractivity contribution in [1.82, 2.24) is 10.6 Å². The first-order valence-corrected chi connectivity index (χ1v) is 4.55. The molecule has 82 valence electrons. The number of nitrogen functional groups attached to an aromatic ring is 1. The van der Waals surface area contributed by atoms with Gasteiger partial charge in [-0.2, -0.15) is 0 Å². The number of anilines is 1. The third-order valence-corrected chi connectivity index (χ3v) is 1.97. The summed E-state index contributed by atoms with van der Waals surface area (Å²) in [6, 6.07) is 5.18. The van der Waals surface area contributed by atoms with Gasteiger partial charge >= 0.3 is 6.03 Å². The van der Waals surface area contributed by atoms with Gasteiger partial charge in [0.2, 0.25) is 0 Å². The molecule has 5 heteroatoms. The molecule has 0 aliphatic heterocycles. The van der Waals surface area contributed by atoms with Crippen LogP contribution in [0.4, 0.5) is 10.5 Å². The van der Waals surface area contributed by atoms with Crippen LogP contribution >= 0.6 is 0 Å². The monoisotopic (exact) mass is 209 g/mol. The van der Waals surface area contributed by atoms with Gasteiger partial charge in [-0.15, -0.1) is 0 Å². The zero-order chi connectivity index (χ0) is 11.3. The molecule has 0 unspecified atom stereocenters. The number of methoxy groups -OCH3 is 1. The van der Waals surface area contributed by atoms with Crippen molar-refractivity contribution in [3.05, 3.63) is 23.8 Å². The summed E-state index contributed by atoms with van der Waals surface area (Å²) < 4.78 is 5.02. The molecule has 0 bridgehead atoms. The summed E-state index contributed by atoms with van der Waals surface area (Å²) in [7, 11) is 3.13. The summed E-state index contributed by atoms with van der Waals surface area (Å²) in [5.74, 6) is 0.638. The highest BCUT2D eigenvalue weighted by atomic mass is 16.5. The van der Waals surface area contributed by atoms with Crippen LogP contribution in [-0.4, -0.2) is 20.2 Å². The van der Waals surface area contributed by atoms with E-state index in [1.165, 1.54) is 0 Å². The molecule has 0 aliphatic rings. The van der Waals surface area contributed by atoms with Gasteiger partial charge in [-0.25, -0.2) is 4.79 Å². The van der Waals surface area contributed by atoms with Crippen molar-refractivity contribution in [2.75, 3.05) is 19.9 Å². The number of urea groups is 1. The van der Waals surface area contributed by atoms with Gasteiger partial charge in [0.25, 0.3) is 0 Å². The van der Waals surface area contributed by atoms with E-state index < -0.39 is 0 Å². The predicted molar refractivity (Wildman–Crippen MR) is 58.7 cm³/mol. The number of amides is 2. The van der Waals surface area contributed by atoms with Crippen LogP contribution in [0.5, 0.6) is 5.75 Å². The molecule has 0 fully saturated rings. The maximum absolute atomic E-state index is 10.9. The van der Waals surface area contributed by atoms with Crippen molar-refractivity contribution >= 4 is 11.7 Å². The fourth-order valence-corrected chi connectivity index (χ4v) is 1.16. The zero-order valence-electron chi connectivity index (χ0n) is 8.83. The van der Waals surface area contributed by atoms with Gasteiger partial charge in [0.05, 0.1) is 12.8 Å². The average molecular weight is 209 g/mol. The molecular weight excluding hydrogens is 194 g/mol. The highest BCUT2D eigenvalue weighted by Gasteiger charge is 2.01. The highest BCUT2D eigenvalue weighted by molar-refractivity contribution is 5.73. The number of hydrogen-bond donors (Lipinski definition) is 3. The quantitative estimate of drug-likeness (QED) is 0.641. The van der Waals surface area contributed by atoms with E-state index in [1.807, 2.05) is 6.07 Å². The van der Waals surface area contributed by atoms with Crippen LogP contribution in [0.2, 0.25) is 0 Å². The first-order valence-electron chi connectivity index (χ1n) is 4.55. The molecule has 2 amide bonds. The largest absolute Gasteiger partial charge is 0.495 e. The van der Waals surface area contributed by atoms with E-state index in [9.17, 15) is 4.79 Å². The van der Waals surface area contributed by atoms with Crippen molar-refractivity contribution in [3.8, 4) is 5.75 Å². The van der Waals surface area contributed by atoms with Crippen LogP contribution in [0.25, 0.3) is 0 Å². The molecule has 0 radical (unpaired) electrons. The van der Waals surface area contributed by atoms with Gasteiger partial charge in [0.1, 0.15) is 5.75 Å². The fraction of sp³-hybridized carbons (Fsp3) is 0.300. The summed E-state index contributed by atoms with van der Waals surface area (Å²) in [5.41, 5.74) is 7.21. The molecule has 1 aromatic rings. The number of hydrogen-bond acceptors (Lipinski definition) is 3. The zero-order valence-corrected chi connectivity index (χ0v) is 8.83. The van der Waals surface area contributed by atoms with Gasteiger partial charge in [-0.05, 0) is 17.7 Å². The number of carbonyl (C=O) groups is 1. The minimum absolute atomic E-state index is 0.218. The Kier molecular flexibility index (Phi) is 3.79. The Balaban J connectivity index is 2.63. The minimum Gasteiger partial charge on any atom is -0.495 e. The summed E-state index contributed by atoms with van der Waals surface area (Å²) in [6.07, 6.45) is 0. The maximum atomic E-state index is 10.9. The summed E-state index contributed by atoms with van der Waals surface area (Å²) in [5, 5.41) is 5.13. The molecule has 0 aromatic heterocycles. The Labute approximate surface area is 88.6 Å². The van der Waals surface area contributed by atoms with Gasteiger partial charge in [-0.1, -0.05) is 6.07 Å². The summed E-state index contributed by atoms with van der Waals surface area (Å²) in [6.45, 7) is 0.438. The Morgan fingerprint density at radius 1 is 1.53 bits per heavy atom. The lowest BCUT2D eigenvalue weighted by Crippen LogP contribution is -2.32. The van der Waals surface area contributed by atoms with Crippen LogP contribution in [0.15, 0.2) is 18.2 Å². The molecule has 4 N–H and O–H groups in total. The van der Waals surface area contributed by atoms with Crippen molar-refractivity contribution in [1.29, 1.82) is 0 Å². The Bertz CT molecular complexity index is 353. The van der Waals surface area contributed by atoms with Crippen LogP contribution in [0.3, 0.4) is 0 Å². The van der Waals surface area contributed by atoms with Gasteiger partial charge < -0.3 is 21.1 Å². The maximum Gasteiger partial charge on any atom is 0.314 e. The average Bonchev–Trinajstić information content (AvgIpc) is 2.26. The molecule has 1 rings (SSSR count). The van der Waals surface area contributed by atoms with E-state index in [4.69, 9.17) is 10.5 Å². The summed E-state index contributed by atoms with van der Waals surface area (Å²) in [4.78, 5) is 10.9. The molecule has 0 saturated carbocycles. The number of rotatable bonds is 3. The van der Waals surface area contributed by atoms with Gasteiger partial charge in [0, 0.05) is 13.6 Å². The highest BCUT2D eigenvalue weighted by Crippen LogP contribution is 2.21. The fourth-order valence-electron chi connectivity index (χ4n) is 1.16. The molecule has 0 spiro atoms. The van der Waals surface area contributed by atoms with E-state index in [0.717, 1.165) is 5.56 Å². The van der Waals surface area contributed by atoms with Crippen LogP contribution in [0, 0.1) is 0 Å². The first kappa shape index (κ1) is 11.2. The molecule has 15 heavy (non-hydrogen) atoms. The lowest BCUT2D eigenvalue weighted by atomic mass is 10.2.